The quantitative estimate of drug-likeness (QED) is 0.616. The molecule has 174 valence electrons. The van der Waals surface area contributed by atoms with Crippen LogP contribution in [-0.4, -0.2) is 63.5 Å². The fourth-order valence-corrected chi connectivity index (χ4v) is 3.64. The van der Waals surface area contributed by atoms with Crippen LogP contribution in [0.5, 0.6) is 0 Å². The Kier molecular flexibility index (Phi) is 7.45. The monoisotopic (exact) mass is 472 g/mol. The minimum absolute atomic E-state index is 0.169. The van der Waals surface area contributed by atoms with Crippen molar-refractivity contribution in [1.29, 1.82) is 0 Å². The Bertz CT molecular complexity index is 962. The number of benzene rings is 1. The molecule has 1 aliphatic heterocycles. The van der Waals surface area contributed by atoms with Gasteiger partial charge in [0.15, 0.2) is 6.10 Å². The molecule has 2 aromatic rings. The zero-order valence-electron chi connectivity index (χ0n) is 17.4. The largest absolute Gasteiger partial charge is 0.416 e. The molecular formula is C21H24ClF3N4O3. The van der Waals surface area contributed by atoms with Crippen molar-refractivity contribution in [3.8, 4) is 11.3 Å². The lowest BCUT2D eigenvalue weighted by molar-refractivity contribution is -0.201. The van der Waals surface area contributed by atoms with E-state index in [1.807, 2.05) is 12.2 Å². The molecular weight excluding hydrogens is 449 g/mol. The zero-order chi connectivity index (χ0) is 23.5. The molecule has 2 unspecified atom stereocenters. The molecule has 0 radical (unpaired) electrons. The third-order valence-corrected chi connectivity index (χ3v) is 5.51. The van der Waals surface area contributed by atoms with E-state index in [0.29, 0.717) is 16.4 Å². The molecule has 1 aliphatic rings. The molecule has 0 saturated heterocycles. The maximum Gasteiger partial charge on any atom is 0.416 e. The van der Waals surface area contributed by atoms with Crippen LogP contribution in [0, 0.1) is 0 Å². The first-order chi connectivity index (χ1) is 15.1. The van der Waals surface area contributed by atoms with Gasteiger partial charge in [-0.3, -0.25) is 14.3 Å². The van der Waals surface area contributed by atoms with Crippen molar-refractivity contribution in [2.75, 3.05) is 19.6 Å². The van der Waals surface area contributed by atoms with Crippen LogP contribution in [0.15, 0.2) is 30.3 Å². The second-order valence-electron chi connectivity index (χ2n) is 7.71. The van der Waals surface area contributed by atoms with Crippen molar-refractivity contribution < 1.29 is 27.9 Å². The zero-order valence-corrected chi connectivity index (χ0v) is 18.2. The molecule has 11 heteroatoms. The van der Waals surface area contributed by atoms with Gasteiger partial charge in [0.1, 0.15) is 5.69 Å². The number of aliphatic hydroxyl groups is 1. The Labute approximate surface area is 188 Å². The van der Waals surface area contributed by atoms with Gasteiger partial charge in [-0.2, -0.15) is 18.3 Å². The summed E-state index contributed by atoms with van der Waals surface area (Å²) in [7, 11) is 0. The number of aromatic nitrogens is 2. The fraction of sp³-hybridized carbons (Fsp3) is 0.476. The molecule has 0 spiro atoms. The Morgan fingerprint density at radius 3 is 2.66 bits per heavy atom. The van der Waals surface area contributed by atoms with Crippen molar-refractivity contribution in [2.24, 2.45) is 0 Å². The lowest BCUT2D eigenvalue weighted by atomic mass is 10.1. The lowest BCUT2D eigenvalue weighted by Gasteiger charge is -2.33. The van der Waals surface area contributed by atoms with Crippen LogP contribution in [0.4, 0.5) is 13.2 Å². The van der Waals surface area contributed by atoms with Gasteiger partial charge in [0, 0.05) is 17.1 Å². The predicted octanol–water partition coefficient (Wildman–Crippen LogP) is 3.43. The molecule has 0 saturated carbocycles. The van der Waals surface area contributed by atoms with Gasteiger partial charge in [0.05, 0.1) is 24.8 Å². The summed E-state index contributed by atoms with van der Waals surface area (Å²) >= 11 is 5.94. The second-order valence-corrected chi connectivity index (χ2v) is 8.15. The molecule has 2 amide bonds. The molecule has 0 fully saturated rings. The third-order valence-electron chi connectivity index (χ3n) is 5.25. The van der Waals surface area contributed by atoms with Gasteiger partial charge in [0.25, 0.3) is 5.91 Å². The standard InChI is InChI=1S/C21H24ClF3N4O3/c1-2-3-4-15-11-28(12-19(31)26-10-18(30)21(23,24)25)20(32)17-9-16(27-29(15)17)13-5-7-14(22)8-6-13/h5-9,15,18,30H,2-4,10-12H2,1H3,(H,26,31). The van der Waals surface area contributed by atoms with Crippen LogP contribution in [0.25, 0.3) is 11.3 Å². The number of halogens is 4. The summed E-state index contributed by atoms with van der Waals surface area (Å²) in [5.41, 5.74) is 1.68. The number of alkyl halides is 3. The minimum Gasteiger partial charge on any atom is -0.382 e. The first kappa shape index (κ1) is 24.1. The molecule has 7 nitrogen and oxygen atoms in total. The van der Waals surface area contributed by atoms with E-state index < -0.39 is 37.2 Å². The van der Waals surface area contributed by atoms with Gasteiger partial charge >= 0.3 is 6.18 Å². The first-order valence-corrected chi connectivity index (χ1v) is 10.6. The van der Waals surface area contributed by atoms with E-state index in [-0.39, 0.29) is 12.6 Å². The highest BCUT2D eigenvalue weighted by atomic mass is 35.5. The van der Waals surface area contributed by atoms with E-state index >= 15 is 0 Å². The Morgan fingerprint density at radius 1 is 1.34 bits per heavy atom. The average molecular weight is 473 g/mol. The molecule has 2 atom stereocenters. The first-order valence-electron chi connectivity index (χ1n) is 10.3. The molecule has 0 bridgehead atoms. The van der Waals surface area contributed by atoms with Crippen LogP contribution >= 0.6 is 11.6 Å². The van der Waals surface area contributed by atoms with Gasteiger partial charge < -0.3 is 15.3 Å². The van der Waals surface area contributed by atoms with E-state index in [1.54, 1.807) is 35.0 Å². The number of aliphatic hydroxyl groups excluding tert-OH is 1. The van der Waals surface area contributed by atoms with E-state index in [9.17, 15) is 22.8 Å². The number of hydrogen-bond donors (Lipinski definition) is 2. The van der Waals surface area contributed by atoms with Gasteiger partial charge in [-0.1, -0.05) is 43.5 Å². The average Bonchev–Trinajstić information content (AvgIpc) is 3.19. The number of hydrogen-bond acceptors (Lipinski definition) is 4. The van der Waals surface area contributed by atoms with Crippen molar-refractivity contribution in [3.63, 3.8) is 0 Å². The molecule has 1 aromatic heterocycles. The van der Waals surface area contributed by atoms with E-state index in [0.717, 1.165) is 24.8 Å². The smallest absolute Gasteiger partial charge is 0.382 e. The number of rotatable bonds is 8. The van der Waals surface area contributed by atoms with Crippen molar-refractivity contribution in [2.45, 2.75) is 44.5 Å². The summed E-state index contributed by atoms with van der Waals surface area (Å²) in [4.78, 5) is 26.5. The molecule has 2 N–H and O–H groups in total. The minimum atomic E-state index is -4.83. The summed E-state index contributed by atoms with van der Waals surface area (Å²) in [6, 6.07) is 8.49. The van der Waals surface area contributed by atoms with Gasteiger partial charge in [0.2, 0.25) is 5.91 Å². The summed E-state index contributed by atoms with van der Waals surface area (Å²) < 4.78 is 39.0. The van der Waals surface area contributed by atoms with Crippen LogP contribution in [0.2, 0.25) is 5.02 Å². The highest BCUT2D eigenvalue weighted by molar-refractivity contribution is 6.30. The van der Waals surface area contributed by atoms with E-state index in [2.05, 4.69) is 5.10 Å². The van der Waals surface area contributed by atoms with Crippen molar-refractivity contribution in [1.82, 2.24) is 20.0 Å². The maximum atomic E-state index is 13.0. The number of carbonyl (C=O) groups excluding carboxylic acids is 2. The summed E-state index contributed by atoms with van der Waals surface area (Å²) in [6.45, 7) is 0.868. The number of nitrogens with zero attached hydrogens (tertiary/aromatic N) is 3. The highest BCUT2D eigenvalue weighted by Gasteiger charge is 2.38. The van der Waals surface area contributed by atoms with E-state index in [1.165, 1.54) is 4.90 Å². The SMILES string of the molecule is CCCCC1CN(CC(=O)NCC(O)C(F)(F)F)C(=O)c2cc(-c3ccc(Cl)cc3)nn21. The number of nitrogens with one attached hydrogen (secondary N) is 1. The van der Waals surface area contributed by atoms with E-state index in [4.69, 9.17) is 16.7 Å². The molecule has 3 rings (SSSR count). The maximum absolute atomic E-state index is 13.0. The van der Waals surface area contributed by atoms with Crippen LogP contribution in [-0.2, 0) is 4.79 Å². The summed E-state index contributed by atoms with van der Waals surface area (Å²) in [6.07, 6.45) is -4.95. The number of unbranched alkanes of at least 4 members (excludes halogenated alkanes) is 1. The summed E-state index contributed by atoms with van der Waals surface area (Å²) in [5.74, 6) is -1.21. The molecule has 2 heterocycles. The molecule has 0 aliphatic carbocycles. The Morgan fingerprint density at radius 2 is 2.03 bits per heavy atom. The van der Waals surface area contributed by atoms with Crippen LogP contribution < -0.4 is 5.32 Å². The topological polar surface area (TPSA) is 87.5 Å². The molecule has 32 heavy (non-hydrogen) atoms. The van der Waals surface area contributed by atoms with Crippen LogP contribution in [0.3, 0.4) is 0 Å². The second kappa shape index (κ2) is 9.91. The fourth-order valence-electron chi connectivity index (χ4n) is 3.52. The number of carbonyl (C=O) groups is 2. The van der Waals surface area contributed by atoms with Gasteiger partial charge in [-0.05, 0) is 24.6 Å². The van der Waals surface area contributed by atoms with Crippen molar-refractivity contribution in [3.05, 3.63) is 41.0 Å². The Hall–Kier alpha value is -2.59. The lowest BCUT2D eigenvalue weighted by Crippen LogP contribution is -2.49. The predicted molar refractivity (Wildman–Crippen MR) is 112 cm³/mol. The third kappa shape index (κ3) is 5.60. The van der Waals surface area contributed by atoms with Gasteiger partial charge in [-0.25, -0.2) is 0 Å². The Balaban J connectivity index is 1.78. The summed E-state index contributed by atoms with van der Waals surface area (Å²) in [5, 5.41) is 16.3. The van der Waals surface area contributed by atoms with Gasteiger partial charge in [-0.15, -0.1) is 0 Å². The van der Waals surface area contributed by atoms with Crippen molar-refractivity contribution >= 4 is 23.4 Å². The molecule has 1 aromatic carbocycles. The number of amides is 2. The van der Waals surface area contributed by atoms with Crippen LogP contribution in [0.1, 0.15) is 42.7 Å². The highest BCUT2D eigenvalue weighted by Crippen LogP contribution is 2.29. The normalized spacial score (nSPS) is 17.2. The number of fused-ring (bicyclic) bond motifs is 1.